The first-order valence-electron chi connectivity index (χ1n) is 12.9. The maximum Gasteiger partial charge on any atom is 0.331 e. The number of carboxylic acids is 2. The van der Waals surface area contributed by atoms with Gasteiger partial charge in [-0.1, -0.05) is 31.4 Å². The molecule has 1 aliphatic carbocycles. The maximum atomic E-state index is 12.0. The van der Waals surface area contributed by atoms with Crippen molar-refractivity contribution in [3.63, 3.8) is 0 Å². The molecule has 1 aromatic carbocycles. The molecule has 38 heavy (non-hydrogen) atoms. The Morgan fingerprint density at radius 3 is 2.47 bits per heavy atom. The van der Waals surface area contributed by atoms with Gasteiger partial charge in [0, 0.05) is 16.7 Å². The summed E-state index contributed by atoms with van der Waals surface area (Å²) >= 11 is 1.63. The molecule has 1 saturated carbocycles. The normalized spacial score (nSPS) is 14.8. The molecule has 0 unspecified atom stereocenters. The van der Waals surface area contributed by atoms with Crippen LogP contribution in [0.25, 0.3) is 38.8 Å². The summed E-state index contributed by atoms with van der Waals surface area (Å²) < 4.78 is 1.76. The van der Waals surface area contributed by atoms with Gasteiger partial charge in [-0.2, -0.15) is 0 Å². The molecule has 7 nitrogen and oxygen atoms in total. The molecule has 0 atom stereocenters. The molecular weight excluding hydrogens is 498 g/mol. The summed E-state index contributed by atoms with van der Waals surface area (Å²) in [5.74, 6) is -1.69. The highest BCUT2D eigenvalue weighted by Gasteiger charge is 2.25. The average molecular weight is 530 g/mol. The van der Waals surface area contributed by atoms with Crippen molar-refractivity contribution in [2.24, 2.45) is 0 Å². The van der Waals surface area contributed by atoms with Gasteiger partial charge < -0.3 is 14.8 Å². The van der Waals surface area contributed by atoms with Gasteiger partial charge in [0.05, 0.1) is 32.5 Å². The minimum atomic E-state index is -1.02. The summed E-state index contributed by atoms with van der Waals surface area (Å²) in [6, 6.07) is 12.1. The fraction of sp³-hybridized carbons (Fsp3) is 0.333. The van der Waals surface area contributed by atoms with Crippen LogP contribution in [-0.2, 0) is 16.1 Å². The van der Waals surface area contributed by atoms with Gasteiger partial charge in [0.2, 0.25) is 0 Å². The summed E-state index contributed by atoms with van der Waals surface area (Å²) in [5, 5.41) is 21.3. The van der Waals surface area contributed by atoms with E-state index in [1.807, 2.05) is 38.1 Å². The Kier molecular flexibility index (Phi) is 7.17. The Bertz CT molecular complexity index is 1570. The zero-order valence-electron chi connectivity index (χ0n) is 21.8. The molecule has 4 aromatic rings. The van der Waals surface area contributed by atoms with E-state index in [0.29, 0.717) is 11.6 Å². The first-order valence-corrected chi connectivity index (χ1v) is 13.8. The molecule has 0 saturated heterocycles. The summed E-state index contributed by atoms with van der Waals surface area (Å²) in [4.78, 5) is 34.0. The van der Waals surface area contributed by atoms with Gasteiger partial charge in [0.1, 0.15) is 6.54 Å². The summed E-state index contributed by atoms with van der Waals surface area (Å²) in [7, 11) is 0. The van der Waals surface area contributed by atoms with Crippen molar-refractivity contribution < 1.29 is 19.8 Å². The predicted molar refractivity (Wildman–Crippen MR) is 150 cm³/mol. The van der Waals surface area contributed by atoms with Gasteiger partial charge in [0.15, 0.2) is 0 Å². The topological polar surface area (TPSA) is 105 Å². The Balaban J connectivity index is 1.67. The molecule has 1 aliphatic rings. The van der Waals surface area contributed by atoms with E-state index in [1.54, 1.807) is 22.0 Å². The summed E-state index contributed by atoms with van der Waals surface area (Å²) in [5.41, 5.74) is 6.34. The minimum absolute atomic E-state index is 0.166. The van der Waals surface area contributed by atoms with E-state index >= 15 is 0 Å². The number of nitrogens with zero attached hydrogens (tertiary/aromatic N) is 3. The Morgan fingerprint density at radius 2 is 1.82 bits per heavy atom. The SMILES string of the molecule is CC(=Cc1cc(C2CCCCC2)c(-c2ccc3nc(-c4sc(C)nc4C)ccc3c2)n1CC(=O)O)C(=O)O. The third-order valence-electron chi connectivity index (χ3n) is 7.30. The third-order valence-corrected chi connectivity index (χ3v) is 8.39. The maximum absolute atomic E-state index is 12.0. The van der Waals surface area contributed by atoms with Crippen molar-refractivity contribution in [3.8, 4) is 21.8 Å². The second kappa shape index (κ2) is 10.5. The fourth-order valence-corrected chi connectivity index (χ4v) is 6.40. The van der Waals surface area contributed by atoms with Crippen molar-refractivity contribution >= 4 is 40.3 Å². The molecule has 0 bridgehead atoms. The van der Waals surface area contributed by atoms with Gasteiger partial charge in [-0.3, -0.25) is 4.79 Å². The zero-order chi connectivity index (χ0) is 27.0. The van der Waals surface area contributed by atoms with Crippen molar-refractivity contribution in [2.75, 3.05) is 0 Å². The van der Waals surface area contributed by atoms with Crippen LogP contribution in [0.5, 0.6) is 0 Å². The summed E-state index contributed by atoms with van der Waals surface area (Å²) in [6.45, 7) is 5.27. The van der Waals surface area contributed by atoms with Crippen molar-refractivity contribution in [2.45, 2.75) is 65.3 Å². The minimum Gasteiger partial charge on any atom is -0.480 e. The fourth-order valence-electron chi connectivity index (χ4n) is 5.51. The molecule has 1 fully saturated rings. The number of carbonyl (C=O) groups is 2. The van der Waals surface area contributed by atoms with E-state index in [2.05, 4.69) is 17.1 Å². The van der Waals surface area contributed by atoms with Crippen molar-refractivity contribution in [1.29, 1.82) is 0 Å². The number of pyridine rings is 1. The van der Waals surface area contributed by atoms with Crippen LogP contribution in [0.15, 0.2) is 42.0 Å². The van der Waals surface area contributed by atoms with E-state index < -0.39 is 11.9 Å². The van der Waals surface area contributed by atoms with E-state index in [0.717, 1.165) is 74.7 Å². The predicted octanol–water partition coefficient (Wildman–Crippen LogP) is 7.06. The van der Waals surface area contributed by atoms with Crippen LogP contribution in [0.1, 0.15) is 66.9 Å². The van der Waals surface area contributed by atoms with Crippen LogP contribution in [0.4, 0.5) is 0 Å². The lowest BCUT2D eigenvalue weighted by atomic mass is 9.83. The molecule has 3 heterocycles. The molecule has 3 aromatic heterocycles. The van der Waals surface area contributed by atoms with Gasteiger partial charge in [-0.05, 0) is 81.0 Å². The van der Waals surface area contributed by atoms with E-state index in [4.69, 9.17) is 4.98 Å². The van der Waals surface area contributed by atoms with Gasteiger partial charge in [-0.25, -0.2) is 14.8 Å². The number of aryl methyl sites for hydroxylation is 2. The molecule has 8 heteroatoms. The molecular formula is C30H31N3O4S. The number of aromatic nitrogens is 3. The number of thiazole rings is 1. The van der Waals surface area contributed by atoms with Crippen molar-refractivity contribution in [3.05, 3.63) is 63.9 Å². The molecule has 2 N–H and O–H groups in total. The van der Waals surface area contributed by atoms with Gasteiger partial charge in [0.25, 0.3) is 0 Å². The number of benzene rings is 1. The number of aliphatic carboxylic acids is 2. The molecule has 5 rings (SSSR count). The lowest BCUT2D eigenvalue weighted by Crippen LogP contribution is -2.13. The Morgan fingerprint density at radius 1 is 1.05 bits per heavy atom. The molecule has 0 amide bonds. The van der Waals surface area contributed by atoms with E-state index in [9.17, 15) is 19.8 Å². The highest BCUT2D eigenvalue weighted by Crippen LogP contribution is 2.41. The number of hydrogen-bond donors (Lipinski definition) is 2. The molecule has 196 valence electrons. The van der Waals surface area contributed by atoms with Gasteiger partial charge >= 0.3 is 11.9 Å². The quantitative estimate of drug-likeness (QED) is 0.248. The number of carboxylic acid groups (broad SMARTS) is 2. The van der Waals surface area contributed by atoms with Crippen LogP contribution in [0.3, 0.4) is 0 Å². The molecule has 0 aliphatic heterocycles. The lowest BCUT2D eigenvalue weighted by molar-refractivity contribution is -0.137. The van der Waals surface area contributed by atoms with E-state index in [-0.39, 0.29) is 12.1 Å². The standard InChI is InChI=1S/C30H31N3O4S/c1-17(30(36)37)13-23-15-24(20-7-5-4-6-8-20)28(33(23)16-27(34)35)22-10-11-25-21(14-22)9-12-26(32-25)29-18(2)31-19(3)38-29/h9-15,20H,4-8,16H2,1-3H3,(H,34,35)(H,36,37). The van der Waals surface area contributed by atoms with E-state index in [1.165, 1.54) is 13.3 Å². The highest BCUT2D eigenvalue weighted by molar-refractivity contribution is 7.15. The monoisotopic (exact) mass is 529 g/mol. The smallest absolute Gasteiger partial charge is 0.331 e. The zero-order valence-corrected chi connectivity index (χ0v) is 22.6. The van der Waals surface area contributed by atoms with Crippen LogP contribution in [0, 0.1) is 13.8 Å². The molecule has 0 spiro atoms. The largest absolute Gasteiger partial charge is 0.480 e. The molecule has 0 radical (unpaired) electrons. The van der Waals surface area contributed by atoms with Crippen LogP contribution < -0.4 is 0 Å². The lowest BCUT2D eigenvalue weighted by Gasteiger charge is -2.23. The van der Waals surface area contributed by atoms with Gasteiger partial charge in [-0.15, -0.1) is 11.3 Å². The Hall–Kier alpha value is -3.78. The van der Waals surface area contributed by atoms with Crippen LogP contribution in [0.2, 0.25) is 0 Å². The first kappa shape index (κ1) is 25.9. The number of hydrogen-bond acceptors (Lipinski definition) is 5. The number of rotatable bonds is 7. The highest BCUT2D eigenvalue weighted by atomic mass is 32.1. The second-order valence-electron chi connectivity index (χ2n) is 10.1. The van der Waals surface area contributed by atoms with Crippen molar-refractivity contribution in [1.82, 2.24) is 14.5 Å². The Labute approximate surface area is 225 Å². The summed E-state index contributed by atoms with van der Waals surface area (Å²) in [6.07, 6.45) is 7.13. The first-order chi connectivity index (χ1) is 18.2. The second-order valence-corrected chi connectivity index (χ2v) is 11.3. The third kappa shape index (κ3) is 5.13. The van der Waals surface area contributed by atoms with Crippen LogP contribution >= 0.6 is 11.3 Å². The average Bonchev–Trinajstić information content (AvgIpc) is 3.42. The van der Waals surface area contributed by atoms with Crippen LogP contribution in [-0.4, -0.2) is 36.7 Å². The number of fused-ring (bicyclic) bond motifs is 1.